The Morgan fingerprint density at radius 1 is 1.48 bits per heavy atom. The molecule has 2 N–H and O–H groups in total. The van der Waals surface area contributed by atoms with Crippen molar-refractivity contribution in [2.45, 2.75) is 12.6 Å². The van der Waals surface area contributed by atoms with Gasteiger partial charge in [-0.2, -0.15) is 0 Å². The van der Waals surface area contributed by atoms with Crippen molar-refractivity contribution in [2.75, 3.05) is 26.4 Å². The van der Waals surface area contributed by atoms with E-state index in [1.54, 1.807) is 6.07 Å². The van der Waals surface area contributed by atoms with E-state index in [-0.39, 0.29) is 12.6 Å². The topological polar surface area (TPSA) is 70.0 Å². The fraction of sp³-hybridized carbons (Fsp3) is 0.400. The van der Waals surface area contributed by atoms with Gasteiger partial charge < -0.3 is 14.9 Å². The second kappa shape index (κ2) is 7.31. The molecule has 114 valence electrons. The maximum Gasteiger partial charge on any atom is 0.328 e. The van der Waals surface area contributed by atoms with E-state index < -0.39 is 11.8 Å². The molecule has 0 aromatic heterocycles. The molecule has 1 heterocycles. The second-order valence-electron chi connectivity index (χ2n) is 4.95. The largest absolute Gasteiger partial charge is 0.478 e. The lowest BCUT2D eigenvalue weighted by Crippen LogP contribution is -2.46. The quantitative estimate of drug-likeness (QED) is 0.797. The smallest absolute Gasteiger partial charge is 0.328 e. The molecule has 1 aromatic carbocycles. The summed E-state index contributed by atoms with van der Waals surface area (Å²) in [5.74, 6) is -1.49. The van der Waals surface area contributed by atoms with Gasteiger partial charge in [0.25, 0.3) is 0 Å². The fourth-order valence-electron chi connectivity index (χ4n) is 2.33. The minimum Gasteiger partial charge on any atom is -0.478 e. The molecule has 1 atom stereocenters. The Balaban J connectivity index is 2.13. The Labute approximate surface area is 122 Å². The molecule has 21 heavy (non-hydrogen) atoms. The number of benzene rings is 1. The second-order valence-corrected chi connectivity index (χ2v) is 4.95. The number of morpholine rings is 1. The molecule has 1 unspecified atom stereocenters. The first-order valence-electron chi connectivity index (χ1n) is 6.71. The van der Waals surface area contributed by atoms with Crippen LogP contribution < -0.4 is 0 Å². The molecule has 0 aliphatic carbocycles. The molecule has 6 heteroatoms. The lowest BCUT2D eigenvalue weighted by Gasteiger charge is -2.34. The number of aliphatic hydroxyl groups is 1. The van der Waals surface area contributed by atoms with Crippen molar-refractivity contribution in [1.29, 1.82) is 0 Å². The average Bonchev–Trinajstić information content (AvgIpc) is 2.45. The summed E-state index contributed by atoms with van der Waals surface area (Å²) in [6, 6.07) is 4.35. The third-order valence-electron chi connectivity index (χ3n) is 3.34. The Morgan fingerprint density at radius 3 is 3.00 bits per heavy atom. The van der Waals surface area contributed by atoms with Gasteiger partial charge in [-0.1, -0.05) is 6.07 Å². The van der Waals surface area contributed by atoms with Crippen molar-refractivity contribution in [3.63, 3.8) is 0 Å². The average molecular weight is 295 g/mol. The molecule has 1 aliphatic rings. The van der Waals surface area contributed by atoms with E-state index in [9.17, 15) is 14.3 Å². The highest BCUT2D eigenvalue weighted by Crippen LogP contribution is 2.16. The van der Waals surface area contributed by atoms with Gasteiger partial charge in [-0.3, -0.25) is 4.90 Å². The number of halogens is 1. The molecule has 1 fully saturated rings. The van der Waals surface area contributed by atoms with Crippen LogP contribution in [0.4, 0.5) is 4.39 Å². The summed E-state index contributed by atoms with van der Waals surface area (Å²) in [5, 5.41) is 17.9. The van der Waals surface area contributed by atoms with Crippen LogP contribution in [-0.2, 0) is 16.1 Å². The summed E-state index contributed by atoms with van der Waals surface area (Å²) >= 11 is 0. The molecule has 5 nitrogen and oxygen atoms in total. The summed E-state index contributed by atoms with van der Waals surface area (Å²) < 4.78 is 18.9. The van der Waals surface area contributed by atoms with Gasteiger partial charge >= 0.3 is 5.97 Å². The molecule has 0 saturated carbocycles. The van der Waals surface area contributed by atoms with Crippen LogP contribution in [0.15, 0.2) is 24.3 Å². The van der Waals surface area contributed by atoms with Crippen molar-refractivity contribution in [2.24, 2.45) is 0 Å². The Hall–Kier alpha value is -1.76. The number of aliphatic hydroxyl groups excluding tert-OH is 1. The van der Waals surface area contributed by atoms with Crippen LogP contribution in [0, 0.1) is 5.82 Å². The monoisotopic (exact) mass is 295 g/mol. The first-order chi connectivity index (χ1) is 10.1. The first kappa shape index (κ1) is 15.6. The summed E-state index contributed by atoms with van der Waals surface area (Å²) in [5.41, 5.74) is 1.24. The number of nitrogens with zero attached hydrogens (tertiary/aromatic N) is 1. The predicted molar refractivity (Wildman–Crippen MR) is 75.2 cm³/mol. The highest BCUT2D eigenvalue weighted by Gasteiger charge is 2.22. The van der Waals surface area contributed by atoms with E-state index in [1.165, 1.54) is 18.2 Å². The number of ether oxygens (including phenoxy) is 1. The number of rotatable bonds is 5. The van der Waals surface area contributed by atoms with Crippen LogP contribution in [-0.4, -0.2) is 53.5 Å². The fourth-order valence-corrected chi connectivity index (χ4v) is 2.33. The van der Waals surface area contributed by atoms with Gasteiger partial charge in [0.2, 0.25) is 0 Å². The van der Waals surface area contributed by atoms with Crippen LogP contribution in [0.5, 0.6) is 0 Å². The summed E-state index contributed by atoms with van der Waals surface area (Å²) in [6.07, 6.45) is 2.33. The van der Waals surface area contributed by atoms with Gasteiger partial charge in [0.1, 0.15) is 5.82 Å². The molecule has 2 rings (SSSR count). The maximum absolute atomic E-state index is 13.6. The summed E-state index contributed by atoms with van der Waals surface area (Å²) in [6.45, 7) is 2.18. The lowest BCUT2D eigenvalue weighted by atomic mass is 10.1. The van der Waals surface area contributed by atoms with Crippen LogP contribution >= 0.6 is 0 Å². The number of carbonyl (C=O) groups is 1. The van der Waals surface area contributed by atoms with E-state index in [0.717, 1.165) is 11.6 Å². The number of hydrogen-bond donors (Lipinski definition) is 2. The van der Waals surface area contributed by atoms with Crippen LogP contribution in [0.25, 0.3) is 6.08 Å². The summed E-state index contributed by atoms with van der Waals surface area (Å²) in [4.78, 5) is 12.5. The number of aliphatic carboxylic acids is 1. The van der Waals surface area contributed by atoms with Gasteiger partial charge in [0, 0.05) is 19.2 Å². The first-order valence-corrected chi connectivity index (χ1v) is 6.71. The molecule has 1 saturated heterocycles. The number of hydrogen-bond acceptors (Lipinski definition) is 4. The Kier molecular flexibility index (Phi) is 5.44. The third kappa shape index (κ3) is 4.63. The van der Waals surface area contributed by atoms with Crippen molar-refractivity contribution in [3.8, 4) is 0 Å². The van der Waals surface area contributed by atoms with E-state index >= 15 is 0 Å². The molecule has 1 aromatic rings. The van der Waals surface area contributed by atoms with Crippen LogP contribution in [0.1, 0.15) is 11.1 Å². The standard InChI is InChI=1S/C15H18FNO4/c16-13-6-11(1-2-15(19)20)5-12(7-13)8-17-3-4-21-10-14(17)9-18/h1-2,5-7,14,18H,3-4,8-10H2,(H,19,20)/b2-1+. The molecular formula is C15H18FNO4. The van der Waals surface area contributed by atoms with Gasteiger partial charge in [0.05, 0.1) is 25.9 Å². The molecular weight excluding hydrogens is 277 g/mol. The minimum atomic E-state index is -1.07. The zero-order chi connectivity index (χ0) is 15.2. The number of carboxylic acid groups (broad SMARTS) is 1. The Bertz CT molecular complexity index is 532. The summed E-state index contributed by atoms with van der Waals surface area (Å²) in [7, 11) is 0. The molecule has 0 spiro atoms. The highest BCUT2D eigenvalue weighted by molar-refractivity contribution is 5.85. The van der Waals surface area contributed by atoms with Crippen LogP contribution in [0.2, 0.25) is 0 Å². The van der Waals surface area contributed by atoms with Crippen molar-refractivity contribution >= 4 is 12.0 Å². The molecule has 1 aliphatic heterocycles. The maximum atomic E-state index is 13.6. The zero-order valence-corrected chi connectivity index (χ0v) is 11.5. The van der Waals surface area contributed by atoms with Gasteiger partial charge in [-0.15, -0.1) is 0 Å². The van der Waals surface area contributed by atoms with E-state index in [0.29, 0.717) is 31.9 Å². The normalized spacial score (nSPS) is 20.0. The Morgan fingerprint density at radius 2 is 2.29 bits per heavy atom. The van der Waals surface area contributed by atoms with Gasteiger partial charge in [-0.25, -0.2) is 9.18 Å². The molecule has 0 bridgehead atoms. The van der Waals surface area contributed by atoms with Crippen LogP contribution in [0.3, 0.4) is 0 Å². The lowest BCUT2D eigenvalue weighted by molar-refractivity contribution is -0.131. The van der Waals surface area contributed by atoms with Crippen molar-refractivity contribution in [1.82, 2.24) is 4.90 Å². The zero-order valence-electron chi connectivity index (χ0n) is 11.5. The van der Waals surface area contributed by atoms with Crippen molar-refractivity contribution < 1.29 is 24.1 Å². The highest BCUT2D eigenvalue weighted by atomic mass is 19.1. The molecule has 0 amide bonds. The SMILES string of the molecule is O=C(O)/C=C/c1cc(F)cc(CN2CCOCC2CO)c1. The van der Waals surface area contributed by atoms with Gasteiger partial charge in [-0.05, 0) is 29.3 Å². The minimum absolute atomic E-state index is 0.0128. The third-order valence-corrected chi connectivity index (χ3v) is 3.34. The van der Waals surface area contributed by atoms with E-state index in [1.807, 2.05) is 4.90 Å². The van der Waals surface area contributed by atoms with Gasteiger partial charge in [0.15, 0.2) is 0 Å². The predicted octanol–water partition coefficient (Wildman–Crippen LogP) is 1.12. The van der Waals surface area contributed by atoms with E-state index in [2.05, 4.69) is 0 Å². The molecule has 0 radical (unpaired) electrons. The van der Waals surface area contributed by atoms with Crippen molar-refractivity contribution in [3.05, 3.63) is 41.2 Å². The number of carboxylic acids is 1. The van der Waals surface area contributed by atoms with E-state index in [4.69, 9.17) is 9.84 Å².